The molecule has 5 N–H and O–H groups in total. The molecule has 6 nitrogen and oxygen atoms in total. The van der Waals surface area contributed by atoms with Gasteiger partial charge in [-0.05, 0) is 23.6 Å². The van der Waals surface area contributed by atoms with Gasteiger partial charge in [-0.3, -0.25) is 4.98 Å². The third-order valence-corrected chi connectivity index (χ3v) is 2.89. The van der Waals surface area contributed by atoms with E-state index in [-0.39, 0.29) is 5.95 Å². The van der Waals surface area contributed by atoms with Crippen molar-refractivity contribution in [2.45, 2.75) is 19.8 Å². The highest BCUT2D eigenvalue weighted by Crippen LogP contribution is 2.29. The maximum absolute atomic E-state index is 5.84. The van der Waals surface area contributed by atoms with Gasteiger partial charge in [-0.2, -0.15) is 4.98 Å². The van der Waals surface area contributed by atoms with Gasteiger partial charge >= 0.3 is 0 Å². The number of anilines is 4. The SMILES string of the molecule is C=Cc1cc(Nc2cnc(N)nc2N)c(C(C)C)cn1. The third kappa shape index (κ3) is 2.85. The first-order valence-corrected chi connectivity index (χ1v) is 6.28. The van der Waals surface area contributed by atoms with Gasteiger partial charge in [-0.15, -0.1) is 0 Å². The van der Waals surface area contributed by atoms with Gasteiger partial charge < -0.3 is 16.8 Å². The maximum atomic E-state index is 5.84. The number of nitrogens with one attached hydrogen (secondary N) is 1. The number of hydrogen-bond acceptors (Lipinski definition) is 6. The van der Waals surface area contributed by atoms with Crippen molar-refractivity contribution in [3.8, 4) is 0 Å². The Labute approximate surface area is 118 Å². The largest absolute Gasteiger partial charge is 0.382 e. The van der Waals surface area contributed by atoms with Crippen molar-refractivity contribution in [2.24, 2.45) is 0 Å². The van der Waals surface area contributed by atoms with Crippen LogP contribution < -0.4 is 16.8 Å². The lowest BCUT2D eigenvalue weighted by Crippen LogP contribution is -2.06. The van der Waals surface area contributed by atoms with E-state index in [2.05, 4.69) is 40.7 Å². The molecule has 0 aliphatic rings. The minimum atomic E-state index is 0.152. The highest BCUT2D eigenvalue weighted by atomic mass is 15.1. The molecular formula is C14H18N6. The van der Waals surface area contributed by atoms with Gasteiger partial charge in [0.05, 0.1) is 11.9 Å². The maximum Gasteiger partial charge on any atom is 0.222 e. The predicted molar refractivity (Wildman–Crippen MR) is 82.6 cm³/mol. The molecule has 0 saturated heterocycles. The number of hydrogen-bond donors (Lipinski definition) is 3. The summed E-state index contributed by atoms with van der Waals surface area (Å²) in [6.07, 6.45) is 5.09. The van der Waals surface area contributed by atoms with Crippen LogP contribution in [0.1, 0.15) is 31.0 Å². The molecule has 0 fully saturated rings. The average Bonchev–Trinajstić information content (AvgIpc) is 2.41. The number of nitrogens with zero attached hydrogens (tertiary/aromatic N) is 3. The van der Waals surface area contributed by atoms with Gasteiger partial charge in [0, 0.05) is 11.9 Å². The first kappa shape index (κ1) is 13.8. The van der Waals surface area contributed by atoms with Crippen molar-refractivity contribution >= 4 is 29.2 Å². The molecule has 0 bridgehead atoms. The normalized spacial score (nSPS) is 10.6. The van der Waals surface area contributed by atoms with Crippen molar-refractivity contribution in [1.82, 2.24) is 15.0 Å². The van der Waals surface area contributed by atoms with E-state index in [9.17, 15) is 0 Å². The molecule has 2 aromatic heterocycles. The molecule has 0 amide bonds. The van der Waals surface area contributed by atoms with E-state index in [1.165, 1.54) is 0 Å². The summed E-state index contributed by atoms with van der Waals surface area (Å²) in [5.74, 6) is 0.780. The molecule has 0 aromatic carbocycles. The summed E-state index contributed by atoms with van der Waals surface area (Å²) in [5, 5.41) is 3.23. The third-order valence-electron chi connectivity index (χ3n) is 2.89. The molecule has 0 saturated carbocycles. The topological polar surface area (TPSA) is 103 Å². The zero-order valence-electron chi connectivity index (χ0n) is 11.6. The quantitative estimate of drug-likeness (QED) is 0.789. The average molecular weight is 270 g/mol. The summed E-state index contributed by atoms with van der Waals surface area (Å²) in [6, 6.07) is 1.91. The Hall–Kier alpha value is -2.63. The van der Waals surface area contributed by atoms with Crippen LogP contribution in [-0.4, -0.2) is 15.0 Å². The van der Waals surface area contributed by atoms with Crippen LogP contribution in [0.5, 0.6) is 0 Å². The minimum Gasteiger partial charge on any atom is -0.382 e. The van der Waals surface area contributed by atoms with Crippen LogP contribution in [0.15, 0.2) is 25.0 Å². The molecule has 2 aromatic rings. The zero-order chi connectivity index (χ0) is 14.7. The van der Waals surface area contributed by atoms with E-state index in [0.717, 1.165) is 16.9 Å². The summed E-state index contributed by atoms with van der Waals surface area (Å²) in [5.41, 5.74) is 14.7. The molecule has 0 unspecified atom stereocenters. The summed E-state index contributed by atoms with van der Waals surface area (Å²) >= 11 is 0. The Morgan fingerprint density at radius 2 is 1.95 bits per heavy atom. The van der Waals surface area contributed by atoms with Crippen molar-refractivity contribution < 1.29 is 0 Å². The fourth-order valence-electron chi connectivity index (χ4n) is 1.81. The second-order valence-electron chi connectivity index (χ2n) is 4.71. The Bertz CT molecular complexity index is 636. The van der Waals surface area contributed by atoms with E-state index in [4.69, 9.17) is 11.5 Å². The Morgan fingerprint density at radius 3 is 2.55 bits per heavy atom. The first-order chi connectivity index (χ1) is 9.51. The molecule has 104 valence electrons. The lowest BCUT2D eigenvalue weighted by Gasteiger charge is -2.15. The van der Waals surface area contributed by atoms with Crippen LogP contribution in [0.4, 0.5) is 23.1 Å². The number of nitrogens with two attached hydrogens (primary N) is 2. The monoisotopic (exact) mass is 270 g/mol. The highest BCUT2D eigenvalue weighted by Gasteiger charge is 2.10. The van der Waals surface area contributed by atoms with E-state index >= 15 is 0 Å². The molecule has 2 heterocycles. The molecule has 6 heteroatoms. The molecular weight excluding hydrogens is 252 g/mol. The van der Waals surface area contributed by atoms with Crippen molar-refractivity contribution in [1.29, 1.82) is 0 Å². The Balaban J connectivity index is 2.43. The summed E-state index contributed by atoms with van der Waals surface area (Å²) in [6.45, 7) is 7.92. The van der Waals surface area contributed by atoms with E-state index < -0.39 is 0 Å². The highest BCUT2D eigenvalue weighted by molar-refractivity contribution is 5.72. The minimum absolute atomic E-state index is 0.152. The Kier molecular flexibility index (Phi) is 3.84. The van der Waals surface area contributed by atoms with Gasteiger partial charge in [0.2, 0.25) is 5.95 Å². The Morgan fingerprint density at radius 1 is 1.20 bits per heavy atom. The van der Waals surface area contributed by atoms with Crippen molar-refractivity contribution in [3.63, 3.8) is 0 Å². The van der Waals surface area contributed by atoms with Gasteiger partial charge in [-0.1, -0.05) is 20.4 Å². The summed E-state index contributed by atoms with van der Waals surface area (Å²) in [4.78, 5) is 12.2. The second kappa shape index (κ2) is 5.56. The number of aromatic nitrogens is 3. The predicted octanol–water partition coefficient (Wildman–Crippen LogP) is 2.55. The fraction of sp³-hybridized carbons (Fsp3) is 0.214. The number of rotatable bonds is 4. The molecule has 20 heavy (non-hydrogen) atoms. The zero-order valence-corrected chi connectivity index (χ0v) is 11.6. The molecule has 0 aliphatic heterocycles. The smallest absolute Gasteiger partial charge is 0.222 e. The van der Waals surface area contributed by atoms with Crippen LogP contribution in [0.25, 0.3) is 6.08 Å². The van der Waals surface area contributed by atoms with Crippen LogP contribution in [0.3, 0.4) is 0 Å². The van der Waals surface area contributed by atoms with Gasteiger partial charge in [0.15, 0.2) is 5.82 Å². The van der Waals surface area contributed by atoms with Gasteiger partial charge in [-0.25, -0.2) is 4.98 Å². The summed E-state index contributed by atoms with van der Waals surface area (Å²) < 4.78 is 0. The molecule has 0 atom stereocenters. The molecule has 2 rings (SSSR count). The standard InChI is InChI=1S/C14H18N6/c1-4-9-5-11(10(6-17-9)8(2)3)19-12-7-18-14(16)20-13(12)15/h4-8H,1H2,2-3H3,(H,17,19)(H4,15,16,18,20). The first-order valence-electron chi connectivity index (χ1n) is 6.28. The van der Waals surface area contributed by atoms with Crippen LogP contribution in [-0.2, 0) is 0 Å². The second-order valence-corrected chi connectivity index (χ2v) is 4.71. The fourth-order valence-corrected chi connectivity index (χ4v) is 1.81. The van der Waals surface area contributed by atoms with Crippen molar-refractivity contribution in [3.05, 3.63) is 36.3 Å². The van der Waals surface area contributed by atoms with Crippen LogP contribution in [0, 0.1) is 0 Å². The number of nitrogen functional groups attached to an aromatic ring is 2. The number of pyridine rings is 1. The van der Waals surface area contributed by atoms with Gasteiger partial charge in [0.1, 0.15) is 5.69 Å². The van der Waals surface area contributed by atoms with E-state index in [0.29, 0.717) is 17.4 Å². The lowest BCUT2D eigenvalue weighted by atomic mass is 10.0. The van der Waals surface area contributed by atoms with Crippen LogP contribution >= 0.6 is 0 Å². The summed E-state index contributed by atoms with van der Waals surface area (Å²) in [7, 11) is 0. The van der Waals surface area contributed by atoms with E-state index in [1.54, 1.807) is 12.3 Å². The van der Waals surface area contributed by atoms with Crippen molar-refractivity contribution in [2.75, 3.05) is 16.8 Å². The molecule has 0 aliphatic carbocycles. The molecule has 0 radical (unpaired) electrons. The lowest BCUT2D eigenvalue weighted by molar-refractivity contribution is 0.860. The van der Waals surface area contributed by atoms with E-state index in [1.807, 2.05) is 12.3 Å². The van der Waals surface area contributed by atoms with Gasteiger partial charge in [0.25, 0.3) is 0 Å². The van der Waals surface area contributed by atoms with Crippen LogP contribution in [0.2, 0.25) is 0 Å². The molecule has 0 spiro atoms.